The highest BCUT2D eigenvalue weighted by molar-refractivity contribution is 5.99. The molecule has 1 aromatic rings. The summed E-state index contributed by atoms with van der Waals surface area (Å²) in [6.07, 6.45) is 3.47. The summed E-state index contributed by atoms with van der Waals surface area (Å²) >= 11 is 0. The maximum Gasteiger partial charge on any atom is 0.130 e. The van der Waals surface area contributed by atoms with E-state index in [9.17, 15) is 0 Å². The lowest BCUT2D eigenvalue weighted by molar-refractivity contribution is 0.517. The van der Waals surface area contributed by atoms with Crippen LogP contribution in [0.2, 0.25) is 0 Å². The van der Waals surface area contributed by atoms with E-state index in [1.807, 2.05) is 0 Å². The van der Waals surface area contributed by atoms with Gasteiger partial charge in [0.2, 0.25) is 0 Å². The molecule has 2 heterocycles. The number of likely N-dealkylation sites (N-methyl/N-ethyl adjacent to an activating group) is 1. The minimum Gasteiger partial charge on any atom is -0.374 e. The number of hydrogen-bond acceptors (Lipinski definition) is 3. The van der Waals surface area contributed by atoms with Gasteiger partial charge >= 0.3 is 0 Å². The minimum absolute atomic E-state index is 0.918. The van der Waals surface area contributed by atoms with Crippen LogP contribution in [0.4, 0.5) is 0 Å². The molecule has 0 amide bonds. The maximum atomic E-state index is 4.55. The number of nitrogens with zero attached hydrogens (tertiary/aromatic N) is 3. The lowest BCUT2D eigenvalue weighted by Crippen LogP contribution is -2.23. The Morgan fingerprint density at radius 2 is 1.67 bits per heavy atom. The molecule has 0 saturated carbocycles. The van der Waals surface area contributed by atoms with E-state index in [1.54, 1.807) is 0 Å². The Kier molecular flexibility index (Phi) is 2.82. The van der Waals surface area contributed by atoms with Crippen molar-refractivity contribution in [3.05, 3.63) is 41.5 Å². The Labute approximate surface area is 108 Å². The van der Waals surface area contributed by atoms with Crippen LogP contribution in [0.1, 0.15) is 17.5 Å². The monoisotopic (exact) mass is 241 g/mol. The average molecular weight is 241 g/mol. The van der Waals surface area contributed by atoms with Gasteiger partial charge in [-0.15, -0.1) is 0 Å². The van der Waals surface area contributed by atoms with E-state index >= 15 is 0 Å². The predicted molar refractivity (Wildman–Crippen MR) is 75.7 cm³/mol. The fourth-order valence-electron chi connectivity index (χ4n) is 2.64. The molecule has 0 aromatic heterocycles. The van der Waals surface area contributed by atoms with Gasteiger partial charge in [-0.25, -0.2) is 0 Å². The standard InChI is InChI=1S/C15H19N3/c1-17-10-3-4-14(17)12-5-7-13(8-6-12)15-16-9-11-18(15)2/h4-8H,3,9-11H2,1-2H3. The summed E-state index contributed by atoms with van der Waals surface area (Å²) in [5, 5.41) is 0. The van der Waals surface area contributed by atoms with Gasteiger partial charge in [0, 0.05) is 38.4 Å². The molecule has 0 bridgehead atoms. The lowest BCUT2D eigenvalue weighted by atomic mass is 10.1. The molecule has 3 heteroatoms. The fraction of sp³-hybridized carbons (Fsp3) is 0.400. The molecule has 94 valence electrons. The van der Waals surface area contributed by atoms with Crippen LogP contribution in [0.5, 0.6) is 0 Å². The highest BCUT2D eigenvalue weighted by atomic mass is 15.2. The summed E-state index contributed by atoms with van der Waals surface area (Å²) in [6, 6.07) is 8.78. The first-order chi connectivity index (χ1) is 8.75. The van der Waals surface area contributed by atoms with Crippen molar-refractivity contribution in [2.45, 2.75) is 6.42 Å². The highest BCUT2D eigenvalue weighted by Crippen LogP contribution is 2.24. The Bertz CT molecular complexity index is 452. The van der Waals surface area contributed by atoms with Crippen molar-refractivity contribution in [2.24, 2.45) is 4.99 Å². The molecule has 0 fully saturated rings. The number of amidine groups is 1. The van der Waals surface area contributed by atoms with Crippen LogP contribution >= 0.6 is 0 Å². The van der Waals surface area contributed by atoms with Crippen molar-refractivity contribution < 1.29 is 0 Å². The number of benzene rings is 1. The molecule has 0 N–H and O–H groups in total. The SMILES string of the molecule is CN1CCC=C1c1ccc(C2=NCCN2C)cc1. The zero-order valence-electron chi connectivity index (χ0n) is 11.1. The molecule has 0 saturated heterocycles. The van der Waals surface area contributed by atoms with Gasteiger partial charge in [-0.05, 0) is 12.0 Å². The summed E-state index contributed by atoms with van der Waals surface area (Å²) in [4.78, 5) is 9.08. The van der Waals surface area contributed by atoms with Crippen LogP contribution < -0.4 is 0 Å². The summed E-state index contributed by atoms with van der Waals surface area (Å²) in [6.45, 7) is 3.08. The van der Waals surface area contributed by atoms with Gasteiger partial charge < -0.3 is 9.80 Å². The molecule has 2 aliphatic rings. The van der Waals surface area contributed by atoms with Gasteiger partial charge in [0.15, 0.2) is 0 Å². The third kappa shape index (κ3) is 1.90. The molecule has 0 spiro atoms. The van der Waals surface area contributed by atoms with Crippen molar-refractivity contribution in [3.63, 3.8) is 0 Å². The Morgan fingerprint density at radius 1 is 0.944 bits per heavy atom. The van der Waals surface area contributed by atoms with E-state index in [4.69, 9.17) is 0 Å². The second-order valence-electron chi connectivity index (χ2n) is 5.00. The van der Waals surface area contributed by atoms with E-state index < -0.39 is 0 Å². The molecule has 3 nitrogen and oxygen atoms in total. The topological polar surface area (TPSA) is 18.8 Å². The van der Waals surface area contributed by atoms with Crippen LogP contribution in [0, 0.1) is 0 Å². The van der Waals surface area contributed by atoms with Crippen LogP contribution in [0.3, 0.4) is 0 Å². The first-order valence-electron chi connectivity index (χ1n) is 6.53. The smallest absolute Gasteiger partial charge is 0.130 e. The van der Waals surface area contributed by atoms with Gasteiger partial charge in [-0.3, -0.25) is 4.99 Å². The zero-order chi connectivity index (χ0) is 12.5. The van der Waals surface area contributed by atoms with Gasteiger partial charge in [0.1, 0.15) is 5.84 Å². The van der Waals surface area contributed by atoms with Crippen molar-refractivity contribution in [1.82, 2.24) is 9.80 Å². The summed E-state index contributed by atoms with van der Waals surface area (Å²) in [5.41, 5.74) is 3.88. The Hall–Kier alpha value is -1.77. The molecule has 2 aliphatic heterocycles. The fourth-order valence-corrected chi connectivity index (χ4v) is 2.64. The predicted octanol–water partition coefficient (Wildman–Crippen LogP) is 2.06. The van der Waals surface area contributed by atoms with Crippen LogP contribution in [-0.4, -0.2) is 49.4 Å². The van der Waals surface area contributed by atoms with Crippen LogP contribution in [-0.2, 0) is 0 Å². The Balaban J connectivity index is 1.85. The first-order valence-corrected chi connectivity index (χ1v) is 6.53. The van der Waals surface area contributed by atoms with Crippen LogP contribution in [0.15, 0.2) is 35.3 Å². The third-order valence-electron chi connectivity index (χ3n) is 3.71. The molecule has 0 radical (unpaired) electrons. The van der Waals surface area contributed by atoms with Crippen LogP contribution in [0.25, 0.3) is 5.70 Å². The van der Waals surface area contributed by atoms with Gasteiger partial charge in [-0.2, -0.15) is 0 Å². The molecule has 3 rings (SSSR count). The summed E-state index contributed by atoms with van der Waals surface area (Å²) < 4.78 is 0. The molecular weight excluding hydrogens is 222 g/mol. The molecule has 1 aromatic carbocycles. The minimum atomic E-state index is 0.918. The van der Waals surface area contributed by atoms with E-state index in [0.29, 0.717) is 0 Å². The largest absolute Gasteiger partial charge is 0.374 e. The third-order valence-corrected chi connectivity index (χ3v) is 3.71. The van der Waals surface area contributed by atoms with Crippen molar-refractivity contribution in [3.8, 4) is 0 Å². The van der Waals surface area contributed by atoms with Gasteiger partial charge in [-0.1, -0.05) is 30.3 Å². The van der Waals surface area contributed by atoms with E-state index in [-0.39, 0.29) is 0 Å². The molecule has 0 aliphatic carbocycles. The zero-order valence-corrected chi connectivity index (χ0v) is 11.1. The van der Waals surface area contributed by atoms with E-state index in [0.717, 1.165) is 31.9 Å². The quantitative estimate of drug-likeness (QED) is 0.789. The highest BCUT2D eigenvalue weighted by Gasteiger charge is 2.16. The summed E-state index contributed by atoms with van der Waals surface area (Å²) in [7, 11) is 4.26. The van der Waals surface area contributed by atoms with Gasteiger partial charge in [0.05, 0.1) is 6.54 Å². The summed E-state index contributed by atoms with van der Waals surface area (Å²) in [5.74, 6) is 1.12. The second-order valence-corrected chi connectivity index (χ2v) is 5.00. The lowest BCUT2D eigenvalue weighted by Gasteiger charge is -2.17. The Morgan fingerprint density at radius 3 is 2.22 bits per heavy atom. The molecule has 0 unspecified atom stereocenters. The molecular formula is C15H19N3. The van der Waals surface area contributed by atoms with Crippen molar-refractivity contribution >= 4 is 11.5 Å². The van der Waals surface area contributed by atoms with Gasteiger partial charge in [0.25, 0.3) is 0 Å². The second kappa shape index (κ2) is 4.48. The van der Waals surface area contributed by atoms with E-state index in [2.05, 4.69) is 59.2 Å². The molecule has 0 atom stereocenters. The van der Waals surface area contributed by atoms with Crippen molar-refractivity contribution in [1.29, 1.82) is 0 Å². The number of hydrogen-bond donors (Lipinski definition) is 0. The average Bonchev–Trinajstić information content (AvgIpc) is 2.98. The number of aliphatic imine (C=N–C) groups is 1. The number of rotatable bonds is 2. The first kappa shape index (κ1) is 11.3. The molecule has 18 heavy (non-hydrogen) atoms. The van der Waals surface area contributed by atoms with E-state index in [1.165, 1.54) is 16.8 Å². The van der Waals surface area contributed by atoms with Crippen molar-refractivity contribution in [2.75, 3.05) is 33.7 Å². The maximum absolute atomic E-state index is 4.55. The normalized spacial score (nSPS) is 19.2.